The number of fused-ring (bicyclic) bond motifs is 6. The van der Waals surface area contributed by atoms with Crippen molar-refractivity contribution in [2.45, 2.75) is 43.7 Å². The van der Waals surface area contributed by atoms with Crippen LogP contribution in [0.5, 0.6) is 0 Å². The second-order valence-electron chi connectivity index (χ2n) is 7.22. The number of aromatic nitrogens is 2. The third-order valence-electron chi connectivity index (χ3n) is 5.96. The molecule has 4 rings (SSSR count). The Morgan fingerprint density at radius 2 is 2.04 bits per heavy atom. The predicted molar refractivity (Wildman–Crippen MR) is 86.0 cm³/mol. The van der Waals surface area contributed by atoms with Gasteiger partial charge in [0.05, 0.1) is 0 Å². The molecule has 3 aliphatic rings. The van der Waals surface area contributed by atoms with E-state index in [0.717, 1.165) is 11.1 Å². The summed E-state index contributed by atoms with van der Waals surface area (Å²) < 4.78 is 4.69. The Kier molecular flexibility index (Phi) is 3.15. The molecule has 0 amide bonds. The van der Waals surface area contributed by atoms with Gasteiger partial charge in [-0.25, -0.2) is 0 Å². The number of nitrogens with zero attached hydrogens (tertiary/aromatic N) is 4. The summed E-state index contributed by atoms with van der Waals surface area (Å²) in [4.78, 5) is 23.6. The van der Waals surface area contributed by atoms with E-state index in [-0.39, 0.29) is 29.1 Å². The Hall–Kier alpha value is -3.04. The summed E-state index contributed by atoms with van der Waals surface area (Å²) in [6, 6.07) is 0. The number of rotatable bonds is 2. The van der Waals surface area contributed by atoms with Gasteiger partial charge in [-0.1, -0.05) is 29.4 Å². The molecule has 10 nitrogen and oxygen atoms in total. The Labute approximate surface area is 147 Å². The van der Waals surface area contributed by atoms with Crippen LogP contribution in [0.15, 0.2) is 40.1 Å². The van der Waals surface area contributed by atoms with Crippen molar-refractivity contribution in [3.05, 3.63) is 72.3 Å². The Balaban J connectivity index is 2.13. The van der Waals surface area contributed by atoms with E-state index in [9.17, 15) is 25.4 Å². The molecule has 0 bridgehead atoms. The van der Waals surface area contributed by atoms with E-state index >= 15 is 0 Å². The van der Waals surface area contributed by atoms with Crippen molar-refractivity contribution in [2.24, 2.45) is 5.92 Å². The molecule has 0 N–H and O–H groups in total. The molecular formula is C16H16N4O6. The average molecular weight is 360 g/mol. The summed E-state index contributed by atoms with van der Waals surface area (Å²) in [5.41, 5.74) is -2.36. The van der Waals surface area contributed by atoms with Gasteiger partial charge in [0, 0.05) is 21.4 Å². The van der Waals surface area contributed by atoms with Crippen LogP contribution in [0.25, 0.3) is 0 Å². The lowest BCUT2D eigenvalue weighted by atomic mass is 9.53. The highest BCUT2D eigenvalue weighted by Gasteiger charge is 2.77. The van der Waals surface area contributed by atoms with Gasteiger partial charge in [-0.15, -0.1) is 0 Å². The standard InChI is InChI=1S/C16H16N4O6/c1-9-3-5-15(19(22)23)11(7-9)13-14(17-26-18(13)21)16(20(24)25)6-4-10(2)8-12(15)16/h3-5,7,11-12H,6,8H2,1-2H3/t11-,12+,15+,16-/m1/s1. The lowest BCUT2D eigenvalue weighted by Gasteiger charge is -2.45. The Morgan fingerprint density at radius 1 is 1.31 bits per heavy atom. The van der Waals surface area contributed by atoms with E-state index in [0.29, 0.717) is 0 Å². The quantitative estimate of drug-likeness (QED) is 0.339. The van der Waals surface area contributed by atoms with Crippen molar-refractivity contribution < 1.29 is 19.4 Å². The van der Waals surface area contributed by atoms with E-state index in [1.165, 1.54) is 6.08 Å². The summed E-state index contributed by atoms with van der Waals surface area (Å²) in [5, 5.41) is 40.5. The zero-order chi connectivity index (χ0) is 18.9. The lowest BCUT2D eigenvalue weighted by molar-refractivity contribution is -0.810. The molecule has 0 radical (unpaired) electrons. The van der Waals surface area contributed by atoms with Crippen LogP contribution >= 0.6 is 0 Å². The van der Waals surface area contributed by atoms with Gasteiger partial charge >= 0.3 is 5.54 Å². The third-order valence-corrected chi connectivity index (χ3v) is 5.96. The zero-order valence-electron chi connectivity index (χ0n) is 14.1. The van der Waals surface area contributed by atoms with Crippen LogP contribution in [0.1, 0.15) is 44.0 Å². The zero-order valence-corrected chi connectivity index (χ0v) is 14.1. The van der Waals surface area contributed by atoms with Crippen molar-refractivity contribution in [1.82, 2.24) is 5.16 Å². The van der Waals surface area contributed by atoms with Gasteiger partial charge in [0.1, 0.15) is 11.8 Å². The second-order valence-corrected chi connectivity index (χ2v) is 7.22. The Morgan fingerprint density at radius 3 is 2.69 bits per heavy atom. The number of nitro groups is 2. The number of hydrogen-bond acceptors (Lipinski definition) is 7. The van der Waals surface area contributed by atoms with E-state index in [1.807, 2.05) is 0 Å². The van der Waals surface area contributed by atoms with Gasteiger partial charge in [-0.2, -0.15) is 0 Å². The first-order valence-electron chi connectivity index (χ1n) is 8.17. The van der Waals surface area contributed by atoms with Crippen LogP contribution in [-0.2, 0) is 5.54 Å². The van der Waals surface area contributed by atoms with Crippen molar-refractivity contribution in [1.29, 1.82) is 0 Å². The molecule has 0 spiro atoms. The predicted octanol–water partition coefficient (Wildman–Crippen LogP) is 1.77. The molecular weight excluding hydrogens is 344 g/mol. The average Bonchev–Trinajstić information content (AvgIpc) is 2.96. The van der Waals surface area contributed by atoms with Gasteiger partial charge < -0.3 is 5.21 Å². The minimum atomic E-state index is -1.87. The number of hydrogen-bond donors (Lipinski definition) is 0. The molecule has 0 aliphatic heterocycles. The van der Waals surface area contributed by atoms with Gasteiger partial charge in [0.25, 0.3) is 11.2 Å². The maximum Gasteiger partial charge on any atom is 0.306 e. The van der Waals surface area contributed by atoms with Gasteiger partial charge in [-0.3, -0.25) is 24.9 Å². The molecule has 1 aromatic rings. The molecule has 0 fully saturated rings. The summed E-state index contributed by atoms with van der Waals surface area (Å²) in [5.74, 6) is -1.97. The molecule has 1 aromatic heterocycles. The van der Waals surface area contributed by atoms with Crippen LogP contribution < -0.4 is 4.90 Å². The highest BCUT2D eigenvalue weighted by Crippen LogP contribution is 2.59. The minimum absolute atomic E-state index is 0.0745. The van der Waals surface area contributed by atoms with Gasteiger partial charge in [0.15, 0.2) is 0 Å². The lowest BCUT2D eigenvalue weighted by Crippen LogP contribution is -2.65. The van der Waals surface area contributed by atoms with E-state index in [2.05, 4.69) is 9.79 Å². The smallest absolute Gasteiger partial charge is 0.306 e. The Bertz CT molecular complexity index is 931. The first-order valence-corrected chi connectivity index (χ1v) is 8.17. The fourth-order valence-corrected chi connectivity index (χ4v) is 4.71. The van der Waals surface area contributed by atoms with Crippen molar-refractivity contribution in [3.63, 3.8) is 0 Å². The monoisotopic (exact) mass is 360 g/mol. The molecule has 4 atom stereocenters. The van der Waals surface area contributed by atoms with Crippen molar-refractivity contribution in [2.75, 3.05) is 0 Å². The van der Waals surface area contributed by atoms with Crippen LogP contribution in [0.2, 0.25) is 0 Å². The van der Waals surface area contributed by atoms with E-state index < -0.39 is 32.8 Å². The van der Waals surface area contributed by atoms with Crippen molar-refractivity contribution >= 4 is 0 Å². The van der Waals surface area contributed by atoms with Crippen LogP contribution in [0.3, 0.4) is 0 Å². The molecule has 136 valence electrons. The van der Waals surface area contributed by atoms with Gasteiger partial charge in [-0.05, 0) is 31.2 Å². The van der Waals surface area contributed by atoms with Gasteiger partial charge in [0.2, 0.25) is 5.69 Å². The fourth-order valence-electron chi connectivity index (χ4n) is 4.71. The molecule has 10 heteroatoms. The SMILES string of the molecule is CC1=C[C@@H]2c3c(no[n+]3[O-])[C@@]3([N+](=O)[O-])CC=C(C)C[C@H]3[C@]2([N+](=O)[O-])C=C1. The maximum atomic E-state index is 12.3. The van der Waals surface area contributed by atoms with Crippen LogP contribution in [0.4, 0.5) is 0 Å². The maximum absolute atomic E-state index is 12.3. The molecule has 3 aliphatic carbocycles. The normalized spacial score (nSPS) is 34.8. The summed E-state index contributed by atoms with van der Waals surface area (Å²) in [6.07, 6.45) is 6.38. The number of allylic oxidation sites excluding steroid dienone is 3. The topological polar surface area (TPSA) is 139 Å². The fraction of sp³-hybridized carbons (Fsp3) is 0.500. The first kappa shape index (κ1) is 16.4. The largest absolute Gasteiger partial charge is 0.359 e. The minimum Gasteiger partial charge on any atom is -0.359 e. The molecule has 0 unspecified atom stereocenters. The molecule has 1 heterocycles. The van der Waals surface area contributed by atoms with E-state index in [4.69, 9.17) is 0 Å². The third kappa shape index (κ3) is 1.71. The van der Waals surface area contributed by atoms with Crippen LogP contribution in [-0.4, -0.2) is 20.5 Å². The van der Waals surface area contributed by atoms with Crippen molar-refractivity contribution in [3.8, 4) is 0 Å². The van der Waals surface area contributed by atoms with E-state index in [1.54, 1.807) is 32.1 Å². The molecule has 26 heavy (non-hydrogen) atoms. The second kappa shape index (κ2) is 4.99. The highest BCUT2D eigenvalue weighted by molar-refractivity contribution is 5.44. The molecule has 0 saturated carbocycles. The molecule has 0 aromatic carbocycles. The first-order chi connectivity index (χ1) is 12.2. The summed E-state index contributed by atoms with van der Waals surface area (Å²) in [6.45, 7) is 3.55. The summed E-state index contributed by atoms with van der Waals surface area (Å²) >= 11 is 0. The highest BCUT2D eigenvalue weighted by atomic mass is 16.8. The summed E-state index contributed by atoms with van der Waals surface area (Å²) in [7, 11) is 0. The molecule has 0 saturated heterocycles. The van der Waals surface area contributed by atoms with Crippen LogP contribution in [0, 0.1) is 31.4 Å².